The van der Waals surface area contributed by atoms with Gasteiger partial charge in [0.05, 0.1) is 99.9 Å². The van der Waals surface area contributed by atoms with Crippen molar-refractivity contribution in [3.05, 3.63) is 130 Å². The second-order valence-electron chi connectivity index (χ2n) is 42.1. The molecule has 12 aliphatic rings. The van der Waals surface area contributed by atoms with Crippen LogP contribution in [0.25, 0.3) is 10.4 Å². The standard InChI is InChI=1S/C100H147N3O19S/c1-22-72-59(5)58(4)61(7)90(113-72)120-86-82(117-88-60(6)57(3)56(2)48-110-88)63(9)80(65(11)105)116-91(86)115-77-41-42-96(17)75(97(77,18)54-104)40-43-98(19)76(96)39-38-70-71-46-94(13,14)44-45-100(71,78(106-21)47-99(70,98)20)55-123-93-83(62(8)79(102-103-101)73(114-93)52-107-49-67-32-26-23-27-33-67)118-92-87-85(121-95(15,16)122-87)84(66(12)112-92)119-89-64(10)81(109-51-69-36-30-25-31-37-69)74(53-111-89)108-50-68-34-28-24-29-35-68/h23-38,54,56-64,66,71-93H,22,39-53,55H2,1-21H3/t56-,57+,58+,59-,60?,61?,62?,63-,64?,66?,71?,72?,73?,74-,75-,76?,77+,78?,79-,80?,81?,82+,83?,84+,85?,86?,87?,88+,89+,90+,91-,92+,93+,96?,97-,98+,99-,100-/m1/s1. The Morgan fingerprint density at radius 2 is 1.20 bits per heavy atom. The van der Waals surface area contributed by atoms with E-state index in [0.717, 1.165) is 74.5 Å². The molecule has 682 valence electrons. The minimum absolute atomic E-state index is 0.0177. The molecule has 23 heteroatoms. The lowest BCUT2D eigenvalue weighted by Crippen LogP contribution is -2.68. The summed E-state index contributed by atoms with van der Waals surface area (Å²) in [7, 11) is 1.94. The van der Waals surface area contributed by atoms with E-state index in [2.05, 4.69) is 144 Å². The largest absolute Gasteiger partial charge is 0.381 e. The number of carbonyl (C=O) groups is 2. The number of hydrogen-bond donors (Lipinski definition) is 0. The predicted molar refractivity (Wildman–Crippen MR) is 469 cm³/mol. The first-order valence-corrected chi connectivity index (χ1v) is 48.0. The Labute approximate surface area is 737 Å². The van der Waals surface area contributed by atoms with E-state index in [0.29, 0.717) is 62.3 Å². The number of fused-ring (bicyclic) bond motifs is 8. The Kier molecular flexibility index (Phi) is 28.8. The van der Waals surface area contributed by atoms with Crippen LogP contribution < -0.4 is 0 Å². The van der Waals surface area contributed by atoms with Crippen molar-refractivity contribution in [2.45, 2.75) is 357 Å². The number of allylic oxidation sites excluding steroid dienone is 2. The molecule has 7 saturated heterocycles. The highest BCUT2D eigenvalue weighted by molar-refractivity contribution is 7.99. The Bertz CT molecular complexity index is 4110. The van der Waals surface area contributed by atoms with Crippen molar-refractivity contribution in [1.29, 1.82) is 0 Å². The van der Waals surface area contributed by atoms with Crippen LogP contribution >= 0.6 is 11.8 Å². The van der Waals surface area contributed by atoms with E-state index >= 15 is 0 Å². The molecule has 7 aliphatic heterocycles. The maximum atomic E-state index is 14.8. The molecular weight excluding hydrogens is 1580 g/mol. The van der Waals surface area contributed by atoms with Gasteiger partial charge in [0, 0.05) is 46.9 Å². The first kappa shape index (κ1) is 93.4. The number of hydrogen-bond acceptors (Lipinski definition) is 21. The van der Waals surface area contributed by atoms with Crippen LogP contribution in [0.5, 0.6) is 0 Å². The number of methoxy groups -OCH3 is 1. The van der Waals surface area contributed by atoms with Gasteiger partial charge in [-0.15, -0.1) is 11.8 Å². The third-order valence-corrected chi connectivity index (χ3v) is 35.3. The molecule has 0 spiro atoms. The van der Waals surface area contributed by atoms with E-state index in [1.54, 1.807) is 24.3 Å². The van der Waals surface area contributed by atoms with Gasteiger partial charge < -0.3 is 85.3 Å². The van der Waals surface area contributed by atoms with Gasteiger partial charge in [0.25, 0.3) is 0 Å². The number of ketones is 1. The third kappa shape index (κ3) is 18.1. The summed E-state index contributed by atoms with van der Waals surface area (Å²) in [5, 5.41) is 4.54. The van der Waals surface area contributed by atoms with Gasteiger partial charge in [-0.3, -0.25) is 4.79 Å². The number of Topliss-reactive ketones (excluding diaryl/α,β-unsaturated/α-hetero) is 1. The predicted octanol–water partition coefficient (Wildman–Crippen LogP) is 19.2. The van der Waals surface area contributed by atoms with Gasteiger partial charge in [0.15, 0.2) is 43.0 Å². The van der Waals surface area contributed by atoms with Gasteiger partial charge in [-0.25, -0.2) is 0 Å². The molecule has 0 N–H and O–H groups in total. The SMILES string of the molecule is CCC1O[C@@H](OC2[C@H](O[C@H]3CCC4(C)C5CC=C6C7CC(C)(C)CC[C@]7(CS[C@@H]7OC(COCc8ccccc8)[C@H](N=[N+]=[N-])C(C)C7O[C@@H]7OC(C)[C@H](O[C@@H]8OC[C@@H](OCc9ccccc9)C(OCc9ccccc9)C8C)C8OC(C)(C)OC87)C(OC)C[C@@]6(C)[C@@]5(C)CC[C@H]4[C@@]3(C)C=O)OC(C(C)=O)[C@@H](C)[C@@H]2O[C@@H]2OC[C@@H](C)[C@H](C)C2C)C(C)[C@@H](C)[C@H]1C. The molecule has 17 unspecified atom stereocenters. The van der Waals surface area contributed by atoms with E-state index in [1.807, 2.05) is 102 Å². The van der Waals surface area contributed by atoms with Crippen LogP contribution in [0.4, 0.5) is 0 Å². The second kappa shape index (κ2) is 37.9. The molecule has 15 rings (SSSR count). The quantitative estimate of drug-likeness (QED) is 0.0164. The number of azide groups is 1. The van der Waals surface area contributed by atoms with Crippen molar-refractivity contribution in [2.24, 2.45) is 109 Å². The molecule has 11 fully saturated rings. The maximum absolute atomic E-state index is 14.8. The van der Waals surface area contributed by atoms with Gasteiger partial charge in [-0.05, 0) is 183 Å². The van der Waals surface area contributed by atoms with E-state index in [9.17, 15) is 15.1 Å². The summed E-state index contributed by atoms with van der Waals surface area (Å²) in [6.07, 6.45) is 0.762. The smallest absolute Gasteiger partial charge is 0.187 e. The molecule has 3 aromatic carbocycles. The average Bonchev–Trinajstić information content (AvgIpc) is 0.989. The molecule has 38 atom stereocenters. The van der Waals surface area contributed by atoms with E-state index in [-0.39, 0.29) is 106 Å². The fourth-order valence-corrected chi connectivity index (χ4v) is 27.2. The van der Waals surface area contributed by atoms with Crippen molar-refractivity contribution in [3.8, 4) is 0 Å². The van der Waals surface area contributed by atoms with Crippen LogP contribution in [0.3, 0.4) is 0 Å². The zero-order chi connectivity index (χ0) is 87.6. The van der Waals surface area contributed by atoms with Crippen LogP contribution in [-0.4, -0.2) is 179 Å². The van der Waals surface area contributed by atoms with Crippen LogP contribution in [0.2, 0.25) is 0 Å². The maximum Gasteiger partial charge on any atom is 0.187 e. The van der Waals surface area contributed by atoms with Gasteiger partial charge in [-0.2, -0.15) is 0 Å². The molecule has 4 saturated carbocycles. The molecular formula is C100H147N3O19S. The molecule has 3 aromatic rings. The second-order valence-corrected chi connectivity index (χ2v) is 43.2. The highest BCUT2D eigenvalue weighted by Crippen LogP contribution is 2.77. The summed E-state index contributed by atoms with van der Waals surface area (Å²) in [6, 6.07) is 29.7. The Morgan fingerprint density at radius 3 is 1.86 bits per heavy atom. The summed E-state index contributed by atoms with van der Waals surface area (Å²) in [4.78, 5) is 32.3. The highest BCUT2D eigenvalue weighted by Gasteiger charge is 2.72. The lowest BCUT2D eigenvalue weighted by Gasteiger charge is -2.72. The average molecular weight is 1730 g/mol. The molecule has 123 heavy (non-hydrogen) atoms. The summed E-state index contributed by atoms with van der Waals surface area (Å²) in [5.74, 6) is 0.102. The molecule has 0 amide bonds. The van der Waals surface area contributed by atoms with Gasteiger partial charge in [0.1, 0.15) is 48.3 Å². The first-order valence-electron chi connectivity index (χ1n) is 46.9. The Morgan fingerprint density at radius 1 is 0.577 bits per heavy atom. The molecule has 7 heterocycles. The molecule has 22 nitrogen and oxygen atoms in total. The summed E-state index contributed by atoms with van der Waals surface area (Å²) >= 11 is 1.78. The van der Waals surface area contributed by atoms with Crippen molar-refractivity contribution < 1.29 is 90.1 Å². The van der Waals surface area contributed by atoms with Crippen molar-refractivity contribution >= 4 is 23.8 Å². The zero-order valence-corrected chi connectivity index (χ0v) is 78.2. The van der Waals surface area contributed by atoms with Gasteiger partial charge in [0.2, 0.25) is 0 Å². The van der Waals surface area contributed by atoms with Crippen molar-refractivity contribution in [2.75, 3.05) is 32.7 Å². The monoisotopic (exact) mass is 1730 g/mol. The topological polar surface area (TPSA) is 240 Å². The van der Waals surface area contributed by atoms with Crippen molar-refractivity contribution in [1.82, 2.24) is 0 Å². The van der Waals surface area contributed by atoms with Crippen LogP contribution in [-0.2, 0) is 110 Å². The third-order valence-electron chi connectivity index (χ3n) is 33.8. The molecule has 5 aliphatic carbocycles. The fourth-order valence-electron chi connectivity index (χ4n) is 25.5. The number of carbonyl (C=O) groups excluding carboxylic acids is 2. The fraction of sp³-hybridized carbons (Fsp3) is 0.780. The van der Waals surface area contributed by atoms with Crippen LogP contribution in [0.1, 0.15) is 219 Å². The summed E-state index contributed by atoms with van der Waals surface area (Å²) in [5.41, 5.74) is 12.5. The summed E-state index contributed by atoms with van der Waals surface area (Å²) < 4.78 is 120. The van der Waals surface area contributed by atoms with Crippen molar-refractivity contribution in [3.63, 3.8) is 0 Å². The zero-order valence-electron chi connectivity index (χ0n) is 77.4. The van der Waals surface area contributed by atoms with E-state index in [4.69, 9.17) is 80.5 Å². The number of ether oxygens (including phenoxy) is 17. The number of rotatable bonds is 28. The normalized spacial score (nSPS) is 46.3. The number of thioether (sulfide) groups is 1. The van der Waals surface area contributed by atoms with E-state index in [1.165, 1.54) is 6.29 Å². The number of benzene rings is 3. The summed E-state index contributed by atoms with van der Waals surface area (Å²) in [6.45, 7) is 46.1. The molecule has 0 bridgehead atoms. The minimum Gasteiger partial charge on any atom is -0.381 e. The molecule has 0 radical (unpaired) electrons. The van der Waals surface area contributed by atoms with E-state index < -0.39 is 127 Å². The van der Waals surface area contributed by atoms with Gasteiger partial charge >= 0.3 is 0 Å². The van der Waals surface area contributed by atoms with Crippen LogP contribution in [0.15, 0.2) is 108 Å². The lowest BCUT2D eigenvalue weighted by atomic mass is 9.33. The Balaban J connectivity index is 0.702. The Hall–Kier alpha value is -4.28. The number of nitrogens with zero attached hydrogens (tertiary/aromatic N) is 3. The minimum atomic E-state index is -1.06. The highest BCUT2D eigenvalue weighted by atomic mass is 32.2. The van der Waals surface area contributed by atoms with Gasteiger partial charge in [-0.1, -0.05) is 219 Å². The molecule has 0 aromatic heterocycles. The van der Waals surface area contributed by atoms with Crippen LogP contribution in [0, 0.1) is 104 Å². The number of aldehydes is 1. The lowest BCUT2D eigenvalue weighted by molar-refractivity contribution is -0.374. The first-order chi connectivity index (χ1) is 58.6.